The molecule has 0 saturated heterocycles. The van der Waals surface area contributed by atoms with E-state index in [2.05, 4.69) is 15.0 Å². The highest BCUT2D eigenvalue weighted by molar-refractivity contribution is 6.28. The topological polar surface area (TPSA) is 66.4 Å². The molecule has 1 aromatic heterocycles. The average molecular weight is 310 g/mol. The Bertz CT molecular complexity index is 622. The molecule has 1 aromatic carbocycles. The Morgan fingerprint density at radius 1 is 1.10 bits per heavy atom. The quantitative estimate of drug-likeness (QED) is 0.817. The van der Waals surface area contributed by atoms with E-state index in [4.69, 9.17) is 25.8 Å². The summed E-state index contributed by atoms with van der Waals surface area (Å²) in [5, 5.41) is 0.0657. The minimum atomic E-state index is 0.0657. The molecule has 0 bridgehead atoms. The Morgan fingerprint density at radius 3 is 2.57 bits per heavy atom. The fourth-order valence-corrected chi connectivity index (χ4v) is 1.93. The van der Waals surface area contributed by atoms with Gasteiger partial charge in [-0.3, -0.25) is 0 Å². The maximum atomic E-state index is 5.93. The van der Waals surface area contributed by atoms with E-state index in [0.29, 0.717) is 29.5 Å². The SMILES string of the molecule is CCCOc1nc(Cl)nc(-c2cccc(OC)c2OC)n1. The number of nitrogens with zero attached hydrogens (tertiary/aromatic N) is 3. The number of methoxy groups -OCH3 is 2. The molecule has 1 heterocycles. The fourth-order valence-electron chi connectivity index (χ4n) is 1.77. The second-order valence-electron chi connectivity index (χ2n) is 4.10. The molecular formula is C14H16ClN3O3. The lowest BCUT2D eigenvalue weighted by Gasteiger charge is -2.12. The lowest BCUT2D eigenvalue weighted by Crippen LogP contribution is -2.03. The van der Waals surface area contributed by atoms with Gasteiger partial charge in [0.1, 0.15) is 0 Å². The van der Waals surface area contributed by atoms with Gasteiger partial charge in [0.15, 0.2) is 17.3 Å². The molecule has 0 atom stereocenters. The first-order valence-corrected chi connectivity index (χ1v) is 6.83. The third-order valence-electron chi connectivity index (χ3n) is 2.67. The normalized spacial score (nSPS) is 10.3. The molecule has 7 heteroatoms. The molecule has 21 heavy (non-hydrogen) atoms. The smallest absolute Gasteiger partial charge is 0.321 e. The highest BCUT2D eigenvalue weighted by Crippen LogP contribution is 2.36. The van der Waals surface area contributed by atoms with E-state index < -0.39 is 0 Å². The first-order valence-electron chi connectivity index (χ1n) is 6.45. The van der Waals surface area contributed by atoms with Crippen LogP contribution in [0.1, 0.15) is 13.3 Å². The average Bonchev–Trinajstić information content (AvgIpc) is 2.51. The Balaban J connectivity index is 2.48. The fraction of sp³-hybridized carbons (Fsp3) is 0.357. The van der Waals surface area contributed by atoms with Gasteiger partial charge in [0.25, 0.3) is 0 Å². The molecule has 0 aliphatic heterocycles. The summed E-state index contributed by atoms with van der Waals surface area (Å²) >= 11 is 5.93. The zero-order valence-corrected chi connectivity index (χ0v) is 12.8. The van der Waals surface area contributed by atoms with E-state index in [0.717, 1.165) is 6.42 Å². The molecule has 0 amide bonds. The summed E-state index contributed by atoms with van der Waals surface area (Å²) in [7, 11) is 3.12. The lowest BCUT2D eigenvalue weighted by molar-refractivity contribution is 0.291. The molecule has 6 nitrogen and oxygen atoms in total. The molecule has 0 radical (unpaired) electrons. The number of benzene rings is 1. The maximum Gasteiger partial charge on any atom is 0.321 e. The van der Waals surface area contributed by atoms with Gasteiger partial charge in [-0.1, -0.05) is 13.0 Å². The number of ether oxygens (including phenoxy) is 3. The van der Waals surface area contributed by atoms with Gasteiger partial charge in [0.05, 0.1) is 26.4 Å². The van der Waals surface area contributed by atoms with Gasteiger partial charge in [-0.25, -0.2) is 0 Å². The first kappa shape index (κ1) is 15.3. The molecule has 112 valence electrons. The van der Waals surface area contributed by atoms with E-state index in [1.54, 1.807) is 20.3 Å². The lowest BCUT2D eigenvalue weighted by atomic mass is 10.1. The molecule has 0 unspecified atom stereocenters. The van der Waals surface area contributed by atoms with Crippen molar-refractivity contribution in [3.8, 4) is 28.9 Å². The molecule has 0 N–H and O–H groups in total. The highest BCUT2D eigenvalue weighted by Gasteiger charge is 2.16. The Labute approximate surface area is 128 Å². The Morgan fingerprint density at radius 2 is 1.90 bits per heavy atom. The van der Waals surface area contributed by atoms with Crippen LogP contribution in [-0.4, -0.2) is 35.8 Å². The molecule has 0 fully saturated rings. The molecule has 0 aliphatic rings. The van der Waals surface area contributed by atoms with Crippen molar-refractivity contribution < 1.29 is 14.2 Å². The number of halogens is 1. The largest absolute Gasteiger partial charge is 0.493 e. The van der Waals surface area contributed by atoms with E-state index in [1.807, 2.05) is 19.1 Å². The van der Waals surface area contributed by atoms with Crippen molar-refractivity contribution in [3.63, 3.8) is 0 Å². The van der Waals surface area contributed by atoms with Crippen LogP contribution in [0.3, 0.4) is 0 Å². The molecule has 0 aliphatic carbocycles. The molecule has 0 saturated carbocycles. The third kappa shape index (κ3) is 3.52. The summed E-state index contributed by atoms with van der Waals surface area (Å²) < 4.78 is 16.0. The number of aromatic nitrogens is 3. The van der Waals surface area contributed by atoms with Crippen molar-refractivity contribution in [1.29, 1.82) is 0 Å². The summed E-state index contributed by atoms with van der Waals surface area (Å²) in [5.41, 5.74) is 0.655. The van der Waals surface area contributed by atoms with Crippen LogP contribution in [0.25, 0.3) is 11.4 Å². The second kappa shape index (κ2) is 7.08. The van der Waals surface area contributed by atoms with Crippen LogP contribution in [0.4, 0.5) is 0 Å². The minimum absolute atomic E-state index is 0.0657. The van der Waals surface area contributed by atoms with Gasteiger partial charge in [-0.15, -0.1) is 0 Å². The third-order valence-corrected chi connectivity index (χ3v) is 2.84. The van der Waals surface area contributed by atoms with Crippen molar-refractivity contribution in [1.82, 2.24) is 15.0 Å². The summed E-state index contributed by atoms with van der Waals surface area (Å²) in [6, 6.07) is 5.62. The summed E-state index contributed by atoms with van der Waals surface area (Å²) in [6.07, 6.45) is 0.848. The van der Waals surface area contributed by atoms with E-state index >= 15 is 0 Å². The van der Waals surface area contributed by atoms with E-state index in [1.165, 1.54) is 0 Å². The summed E-state index contributed by atoms with van der Waals surface area (Å²) in [5.74, 6) is 1.49. The van der Waals surface area contributed by atoms with Crippen LogP contribution < -0.4 is 14.2 Å². The standard InChI is InChI=1S/C14H16ClN3O3/c1-4-8-21-14-17-12(16-13(15)18-14)9-6-5-7-10(19-2)11(9)20-3/h5-7H,4,8H2,1-3H3. The molecule has 0 spiro atoms. The molecule has 2 rings (SSSR count). The number of hydrogen-bond donors (Lipinski definition) is 0. The maximum absolute atomic E-state index is 5.93. The minimum Gasteiger partial charge on any atom is -0.493 e. The van der Waals surface area contributed by atoms with E-state index in [-0.39, 0.29) is 11.3 Å². The van der Waals surface area contributed by atoms with Gasteiger partial charge < -0.3 is 14.2 Å². The van der Waals surface area contributed by atoms with Crippen molar-refractivity contribution in [2.24, 2.45) is 0 Å². The van der Waals surface area contributed by atoms with Crippen LogP contribution in [0.5, 0.6) is 17.5 Å². The predicted octanol–water partition coefficient (Wildman–Crippen LogP) is 3.00. The monoisotopic (exact) mass is 309 g/mol. The van der Waals surface area contributed by atoms with Crippen LogP contribution in [0.2, 0.25) is 5.28 Å². The first-order chi connectivity index (χ1) is 10.2. The van der Waals surface area contributed by atoms with E-state index in [9.17, 15) is 0 Å². The van der Waals surface area contributed by atoms with Gasteiger partial charge in [-0.05, 0) is 30.2 Å². The predicted molar refractivity (Wildman–Crippen MR) is 79.2 cm³/mol. The van der Waals surface area contributed by atoms with Crippen molar-refractivity contribution in [3.05, 3.63) is 23.5 Å². The zero-order chi connectivity index (χ0) is 15.2. The number of hydrogen-bond acceptors (Lipinski definition) is 6. The number of rotatable bonds is 6. The number of para-hydroxylation sites is 1. The van der Waals surface area contributed by atoms with Crippen LogP contribution in [0.15, 0.2) is 18.2 Å². The van der Waals surface area contributed by atoms with Gasteiger partial charge in [0.2, 0.25) is 5.28 Å². The summed E-state index contributed by atoms with van der Waals surface area (Å²) in [6.45, 7) is 2.50. The zero-order valence-electron chi connectivity index (χ0n) is 12.1. The van der Waals surface area contributed by atoms with Crippen molar-refractivity contribution >= 4 is 11.6 Å². The highest BCUT2D eigenvalue weighted by atomic mass is 35.5. The molecule has 2 aromatic rings. The van der Waals surface area contributed by atoms with Crippen molar-refractivity contribution in [2.45, 2.75) is 13.3 Å². The second-order valence-corrected chi connectivity index (χ2v) is 4.44. The van der Waals surface area contributed by atoms with Crippen LogP contribution >= 0.6 is 11.6 Å². The van der Waals surface area contributed by atoms with Crippen molar-refractivity contribution in [2.75, 3.05) is 20.8 Å². The van der Waals surface area contributed by atoms with Gasteiger partial charge >= 0.3 is 6.01 Å². The van der Waals surface area contributed by atoms with Gasteiger partial charge in [-0.2, -0.15) is 15.0 Å². The van der Waals surface area contributed by atoms with Gasteiger partial charge in [0, 0.05) is 0 Å². The Hall–Kier alpha value is -2.08. The Kier molecular flexibility index (Phi) is 5.16. The van der Waals surface area contributed by atoms with Crippen LogP contribution in [0, 0.1) is 0 Å². The summed E-state index contributed by atoms with van der Waals surface area (Å²) in [4.78, 5) is 12.3. The molecular weight excluding hydrogens is 294 g/mol. The van der Waals surface area contributed by atoms with Crippen LogP contribution in [-0.2, 0) is 0 Å².